The summed E-state index contributed by atoms with van der Waals surface area (Å²) in [6.45, 7) is 0. The van der Waals surface area contributed by atoms with Gasteiger partial charge in [-0.2, -0.15) is 0 Å². The molecule has 0 aliphatic heterocycles. The summed E-state index contributed by atoms with van der Waals surface area (Å²) in [5, 5.41) is 0. The summed E-state index contributed by atoms with van der Waals surface area (Å²) in [5.41, 5.74) is 8.71. The summed E-state index contributed by atoms with van der Waals surface area (Å²) in [6, 6.07) is 0. The predicted octanol–water partition coefficient (Wildman–Crippen LogP) is 5.87. The van der Waals surface area contributed by atoms with E-state index < -0.39 is 0 Å². The minimum absolute atomic E-state index is 1.18. The topological polar surface area (TPSA) is 0 Å². The third-order valence-electron chi connectivity index (χ3n) is 22.5. The molecule has 18 rings (SSSR count). The second-order valence-electron chi connectivity index (χ2n) is 20.2. The van der Waals surface area contributed by atoms with E-state index in [1.165, 1.54) is 178 Å². The molecule has 190 valence electrons. The van der Waals surface area contributed by atoms with E-state index in [-0.39, 0.29) is 0 Å². The van der Waals surface area contributed by atoms with Gasteiger partial charge < -0.3 is 0 Å². The monoisotopic (exact) mass is 494 g/mol. The molecule has 0 radical (unpaired) electrons. The number of hydrogen-bond donors (Lipinski definition) is 0. The van der Waals surface area contributed by atoms with Crippen molar-refractivity contribution >= 4 is 0 Å². The highest BCUT2D eigenvalue weighted by Gasteiger charge is 2.95. The van der Waals surface area contributed by atoms with Gasteiger partial charge in [0.1, 0.15) is 0 Å². The minimum atomic E-state index is 1.18. The summed E-state index contributed by atoms with van der Waals surface area (Å²) < 4.78 is 0. The van der Waals surface area contributed by atoms with Crippen LogP contribution in [0, 0.1) is 178 Å². The summed E-state index contributed by atoms with van der Waals surface area (Å²) in [7, 11) is 0. The molecule has 0 spiro atoms. The van der Waals surface area contributed by atoms with Crippen molar-refractivity contribution in [3.63, 3.8) is 0 Å². The second-order valence-corrected chi connectivity index (χ2v) is 20.2. The Morgan fingerprint density at radius 2 is 0.447 bits per heavy atom. The molecule has 0 nitrogen and oxygen atoms in total. The molecule has 0 aromatic heterocycles. The van der Waals surface area contributed by atoms with Crippen LogP contribution in [0.4, 0.5) is 0 Å². The molecule has 0 saturated heterocycles. The van der Waals surface area contributed by atoms with Crippen LogP contribution >= 0.6 is 0 Å². The fourth-order valence-electron chi connectivity index (χ4n) is 22.2. The molecular weight excluding hydrogens is 456 g/mol. The molecule has 30 unspecified atom stereocenters. The summed E-state index contributed by atoms with van der Waals surface area (Å²) in [5.74, 6) is 37.5. The highest BCUT2D eigenvalue weighted by atomic mass is 15.0. The third-order valence-corrected chi connectivity index (χ3v) is 22.5. The Hall–Kier alpha value is -0.520. The van der Waals surface area contributed by atoms with Crippen molar-refractivity contribution in [1.82, 2.24) is 0 Å². The van der Waals surface area contributed by atoms with Crippen molar-refractivity contribution in [2.45, 2.75) is 25.7 Å². The van der Waals surface area contributed by atoms with Gasteiger partial charge in [-0.25, -0.2) is 0 Å². The highest BCUT2D eigenvalue weighted by Crippen LogP contribution is 2.99. The quantitative estimate of drug-likeness (QED) is 0.292. The SMILES string of the molecule is C1CC2C1C1C3=C(C21)C1C3C2C1C1C2C2C1C1C2C2C3C4C5C6C7=C(C8C7C7C9CCC9C87)C6C5C4C3C12. The Kier molecular flexibility index (Phi) is 1.83. The molecule has 0 bridgehead atoms. The lowest BCUT2D eigenvalue weighted by molar-refractivity contribution is -0.500. The minimum Gasteiger partial charge on any atom is -0.0624 e. The van der Waals surface area contributed by atoms with Crippen molar-refractivity contribution in [1.29, 1.82) is 0 Å². The van der Waals surface area contributed by atoms with Gasteiger partial charge in [-0.1, -0.05) is 22.3 Å². The maximum Gasteiger partial charge on any atom is -0.00943 e. The van der Waals surface area contributed by atoms with E-state index in [1.54, 1.807) is 25.7 Å². The summed E-state index contributed by atoms with van der Waals surface area (Å²) in [4.78, 5) is 0. The first-order chi connectivity index (χ1) is 19.0. The molecule has 18 aliphatic rings. The molecule has 0 aromatic rings. The largest absolute Gasteiger partial charge is 0.0624 e. The van der Waals surface area contributed by atoms with Crippen LogP contribution in [0.1, 0.15) is 25.7 Å². The summed E-state index contributed by atoms with van der Waals surface area (Å²) in [6.07, 6.45) is 6.50. The lowest BCUT2D eigenvalue weighted by atomic mass is 9.06. The van der Waals surface area contributed by atoms with Crippen molar-refractivity contribution in [3.8, 4) is 0 Å². The molecule has 0 N–H and O–H groups in total. The molecule has 0 heteroatoms. The van der Waals surface area contributed by atoms with Crippen LogP contribution in [0.25, 0.3) is 0 Å². The van der Waals surface area contributed by atoms with Crippen LogP contribution in [-0.2, 0) is 0 Å². The third kappa shape index (κ3) is 0.999. The molecule has 38 heavy (non-hydrogen) atoms. The number of hydrogen-bond acceptors (Lipinski definition) is 0. The molecule has 0 amide bonds. The van der Waals surface area contributed by atoms with E-state index in [2.05, 4.69) is 22.3 Å². The molecule has 18 aliphatic carbocycles. The van der Waals surface area contributed by atoms with Crippen molar-refractivity contribution in [2.75, 3.05) is 0 Å². The van der Waals surface area contributed by atoms with Gasteiger partial charge in [-0.05, 0) is 203 Å². The van der Waals surface area contributed by atoms with Crippen molar-refractivity contribution in [2.24, 2.45) is 178 Å². The first-order valence-corrected chi connectivity index (χ1v) is 18.4. The van der Waals surface area contributed by atoms with E-state index in [1.807, 2.05) is 0 Å². The van der Waals surface area contributed by atoms with Gasteiger partial charge in [0.15, 0.2) is 0 Å². The Labute approximate surface area is 225 Å². The van der Waals surface area contributed by atoms with Crippen LogP contribution in [-0.4, -0.2) is 0 Å². The van der Waals surface area contributed by atoms with Gasteiger partial charge in [0.25, 0.3) is 0 Å². The maximum absolute atomic E-state index is 2.19. The van der Waals surface area contributed by atoms with Crippen LogP contribution in [0.5, 0.6) is 0 Å². The zero-order chi connectivity index (χ0) is 22.5. The van der Waals surface area contributed by atoms with E-state index in [0.29, 0.717) is 0 Å². The fourth-order valence-corrected chi connectivity index (χ4v) is 22.2. The van der Waals surface area contributed by atoms with Gasteiger partial charge in [-0.15, -0.1) is 0 Å². The zero-order valence-corrected chi connectivity index (χ0v) is 22.1. The Morgan fingerprint density at radius 1 is 0.211 bits per heavy atom. The molecule has 0 aromatic carbocycles. The lowest BCUT2D eigenvalue weighted by Crippen LogP contribution is -2.95. The van der Waals surface area contributed by atoms with Crippen LogP contribution in [0.2, 0.25) is 0 Å². The predicted molar refractivity (Wildman–Crippen MR) is 137 cm³/mol. The smallest absolute Gasteiger partial charge is 0.00943 e. The number of rotatable bonds is 0. The van der Waals surface area contributed by atoms with Gasteiger partial charge >= 0.3 is 0 Å². The zero-order valence-electron chi connectivity index (χ0n) is 22.1. The van der Waals surface area contributed by atoms with E-state index in [9.17, 15) is 0 Å². The molecular formula is C38H38. The second kappa shape index (κ2) is 4.13. The van der Waals surface area contributed by atoms with Gasteiger partial charge in [0.2, 0.25) is 0 Å². The summed E-state index contributed by atoms with van der Waals surface area (Å²) >= 11 is 0. The van der Waals surface area contributed by atoms with Crippen molar-refractivity contribution in [3.05, 3.63) is 22.3 Å². The molecule has 14 fully saturated rings. The first-order valence-electron chi connectivity index (χ1n) is 18.4. The van der Waals surface area contributed by atoms with E-state index in [4.69, 9.17) is 0 Å². The molecule has 0 heterocycles. The normalized spacial score (nSPS) is 91.6. The molecule has 30 atom stereocenters. The average Bonchev–Trinajstić information content (AvgIpc) is 2.83. The van der Waals surface area contributed by atoms with Crippen molar-refractivity contribution < 1.29 is 0 Å². The van der Waals surface area contributed by atoms with Gasteiger partial charge in [-0.3, -0.25) is 0 Å². The van der Waals surface area contributed by atoms with E-state index in [0.717, 1.165) is 0 Å². The van der Waals surface area contributed by atoms with E-state index >= 15 is 0 Å². The average molecular weight is 495 g/mol. The van der Waals surface area contributed by atoms with Gasteiger partial charge in [0, 0.05) is 0 Å². The van der Waals surface area contributed by atoms with Crippen LogP contribution in [0.3, 0.4) is 0 Å². The Morgan fingerprint density at radius 3 is 0.737 bits per heavy atom. The Bertz CT molecular complexity index is 1460. The number of allylic oxidation sites excluding steroid dienone is 4. The van der Waals surface area contributed by atoms with Crippen LogP contribution in [0.15, 0.2) is 22.3 Å². The Balaban J connectivity index is 0.662. The maximum atomic E-state index is 2.19. The number of fused-ring (bicyclic) bond motifs is 47. The highest BCUT2D eigenvalue weighted by molar-refractivity contribution is 5.60. The van der Waals surface area contributed by atoms with Gasteiger partial charge in [0.05, 0.1) is 0 Å². The fraction of sp³-hybridized carbons (Fsp3) is 0.895. The lowest BCUT2D eigenvalue weighted by Gasteiger charge is -2.98. The first kappa shape index (κ1) is 16.8. The molecule has 14 saturated carbocycles. The van der Waals surface area contributed by atoms with Crippen LogP contribution < -0.4 is 0 Å². The standard InChI is InChI=1S/C38H38/c1-2-6-5(1)9-10(6)14-13(9)17-18(14)22-21(17)25-26(22)30-29(25)33-34(30)38-36-32-28-24-20-16-12-8-4-3-7(8)11(12)15(16)19(20)23(24)27(28)31(32)35(36)37(33)38/h5-14,19-38H,1-4H2.